The van der Waals surface area contributed by atoms with Crippen molar-refractivity contribution in [3.05, 3.63) is 65.9 Å². The molecule has 0 aliphatic carbocycles. The monoisotopic (exact) mass is 327 g/mol. The zero-order chi connectivity index (χ0) is 16.8. The van der Waals surface area contributed by atoms with Crippen LogP contribution in [0.5, 0.6) is 0 Å². The normalized spacial score (nSPS) is 12.7. The smallest absolute Gasteiger partial charge is 0.241 e. The average molecular weight is 327 g/mol. The highest BCUT2D eigenvalue weighted by Gasteiger charge is 2.21. The molecular weight excluding hydrogens is 306 g/mol. The molecule has 1 aromatic heterocycles. The number of hydrogen-bond acceptors (Lipinski definition) is 2. The van der Waals surface area contributed by atoms with Crippen LogP contribution in [0, 0.1) is 6.92 Å². The number of hydrogen-bond donors (Lipinski definition) is 0. The number of para-hydroxylation sites is 1. The topological polar surface area (TPSA) is 39.1 Å². The molecule has 0 unspecified atom stereocenters. The summed E-state index contributed by atoms with van der Waals surface area (Å²) in [6, 6.07) is 14.7. The molecule has 0 aliphatic rings. The number of fused-ring (bicyclic) bond motifs is 1. The molecule has 0 spiro atoms. The predicted molar refractivity (Wildman–Crippen MR) is 94.4 cm³/mol. The van der Waals surface area contributed by atoms with Crippen LogP contribution in [0.4, 0.5) is 0 Å². The molecule has 3 nitrogen and oxygen atoms in total. The van der Waals surface area contributed by atoms with Gasteiger partial charge in [-0.25, -0.2) is 12.4 Å². The molecule has 0 atom stereocenters. The Morgan fingerprint density at radius 3 is 2.13 bits per heavy atom. The second kappa shape index (κ2) is 5.24. The maximum absolute atomic E-state index is 13.0. The van der Waals surface area contributed by atoms with E-state index in [1.165, 1.54) is 3.97 Å². The molecule has 0 aliphatic heterocycles. The van der Waals surface area contributed by atoms with E-state index in [4.69, 9.17) is 0 Å². The zero-order valence-electron chi connectivity index (χ0n) is 13.9. The van der Waals surface area contributed by atoms with Crippen LogP contribution in [0.2, 0.25) is 0 Å². The summed E-state index contributed by atoms with van der Waals surface area (Å²) >= 11 is 0. The Morgan fingerprint density at radius 2 is 1.52 bits per heavy atom. The maximum Gasteiger partial charge on any atom is 0.268 e. The first-order chi connectivity index (χ1) is 10.7. The van der Waals surface area contributed by atoms with Crippen molar-refractivity contribution in [2.45, 2.75) is 38.0 Å². The molecule has 0 fully saturated rings. The van der Waals surface area contributed by atoms with E-state index >= 15 is 0 Å². The summed E-state index contributed by atoms with van der Waals surface area (Å²) in [5.74, 6) is 0. The van der Waals surface area contributed by atoms with E-state index in [9.17, 15) is 8.42 Å². The van der Waals surface area contributed by atoms with Crippen LogP contribution in [-0.2, 0) is 15.4 Å². The van der Waals surface area contributed by atoms with Gasteiger partial charge in [0.2, 0.25) is 0 Å². The molecule has 1 heterocycles. The molecule has 2 aromatic carbocycles. The van der Waals surface area contributed by atoms with Crippen molar-refractivity contribution in [2.24, 2.45) is 0 Å². The van der Waals surface area contributed by atoms with Gasteiger partial charge in [0.05, 0.1) is 10.4 Å². The van der Waals surface area contributed by atoms with Crippen LogP contribution in [0.25, 0.3) is 10.9 Å². The van der Waals surface area contributed by atoms with Crippen molar-refractivity contribution in [3.8, 4) is 0 Å². The van der Waals surface area contributed by atoms with Crippen LogP contribution < -0.4 is 0 Å². The summed E-state index contributed by atoms with van der Waals surface area (Å²) in [6.45, 7) is 8.26. The van der Waals surface area contributed by atoms with Crippen LogP contribution >= 0.6 is 0 Å². The molecule has 0 saturated heterocycles. The largest absolute Gasteiger partial charge is 0.268 e. The summed E-state index contributed by atoms with van der Waals surface area (Å²) in [5.41, 5.74) is 2.78. The third-order valence-corrected chi connectivity index (χ3v) is 5.84. The average Bonchev–Trinajstić information content (AvgIpc) is 2.85. The van der Waals surface area contributed by atoms with Crippen molar-refractivity contribution in [3.63, 3.8) is 0 Å². The van der Waals surface area contributed by atoms with Gasteiger partial charge in [0.25, 0.3) is 10.0 Å². The lowest BCUT2D eigenvalue weighted by atomic mass is 9.87. The first-order valence-electron chi connectivity index (χ1n) is 7.64. The Balaban J connectivity index is 2.14. The van der Waals surface area contributed by atoms with Gasteiger partial charge in [0, 0.05) is 11.6 Å². The van der Waals surface area contributed by atoms with Gasteiger partial charge in [0.1, 0.15) is 0 Å². The third kappa shape index (κ3) is 2.68. The summed E-state index contributed by atoms with van der Waals surface area (Å²) in [5, 5.41) is 0.961. The lowest BCUT2D eigenvalue weighted by Gasteiger charge is -2.19. The van der Waals surface area contributed by atoms with Gasteiger partial charge >= 0.3 is 0 Å². The van der Waals surface area contributed by atoms with E-state index in [0.29, 0.717) is 10.4 Å². The van der Waals surface area contributed by atoms with Crippen molar-refractivity contribution in [1.82, 2.24) is 3.97 Å². The van der Waals surface area contributed by atoms with E-state index in [1.54, 1.807) is 18.3 Å². The van der Waals surface area contributed by atoms with Crippen LogP contribution in [-0.4, -0.2) is 12.4 Å². The van der Waals surface area contributed by atoms with Crippen molar-refractivity contribution < 1.29 is 8.42 Å². The van der Waals surface area contributed by atoms with E-state index in [0.717, 1.165) is 16.5 Å². The molecule has 0 bridgehead atoms. The summed E-state index contributed by atoms with van der Waals surface area (Å²) in [4.78, 5) is 0.311. The van der Waals surface area contributed by atoms with Gasteiger partial charge in [-0.15, -0.1) is 0 Å². The molecular formula is C19H21NO2S. The minimum atomic E-state index is -3.59. The maximum atomic E-state index is 13.0. The minimum Gasteiger partial charge on any atom is -0.241 e. The zero-order valence-corrected chi connectivity index (χ0v) is 14.7. The van der Waals surface area contributed by atoms with Crippen molar-refractivity contribution in [2.75, 3.05) is 0 Å². The molecule has 0 N–H and O–H groups in total. The lowest BCUT2D eigenvalue weighted by Crippen LogP contribution is -2.14. The Morgan fingerprint density at radius 1 is 0.913 bits per heavy atom. The van der Waals surface area contributed by atoms with E-state index < -0.39 is 10.0 Å². The van der Waals surface area contributed by atoms with E-state index in [1.807, 2.05) is 43.3 Å². The molecule has 23 heavy (non-hydrogen) atoms. The second-order valence-corrected chi connectivity index (χ2v) is 8.72. The number of rotatable bonds is 2. The standard InChI is InChI=1S/C19H21NO2S/c1-14-13-20(18-8-6-5-7-17(14)18)23(21,22)16-11-9-15(10-12-16)19(2,3)4/h5-13H,1-4H3. The quantitative estimate of drug-likeness (QED) is 0.696. The van der Waals surface area contributed by atoms with Crippen LogP contribution in [0.3, 0.4) is 0 Å². The molecule has 120 valence electrons. The Labute approximate surface area is 137 Å². The SMILES string of the molecule is Cc1cn(S(=O)(=O)c2ccc(C(C)(C)C)cc2)c2ccccc12. The fourth-order valence-electron chi connectivity index (χ4n) is 2.75. The van der Waals surface area contributed by atoms with Crippen molar-refractivity contribution in [1.29, 1.82) is 0 Å². The molecule has 3 rings (SSSR count). The number of aryl methyl sites for hydroxylation is 1. The number of benzene rings is 2. The summed E-state index contributed by atoms with van der Waals surface area (Å²) < 4.78 is 27.3. The molecule has 0 amide bonds. The van der Waals surface area contributed by atoms with Gasteiger partial charge in [-0.3, -0.25) is 0 Å². The molecule has 3 aromatic rings. The van der Waals surface area contributed by atoms with Gasteiger partial charge in [-0.05, 0) is 41.7 Å². The van der Waals surface area contributed by atoms with Crippen LogP contribution in [0.15, 0.2) is 59.6 Å². The fraction of sp³-hybridized carbons (Fsp3) is 0.263. The lowest BCUT2D eigenvalue weighted by molar-refractivity contribution is 0.583. The second-order valence-electron chi connectivity index (χ2n) is 6.90. The Bertz CT molecular complexity index is 959. The first-order valence-corrected chi connectivity index (χ1v) is 9.08. The molecule has 0 radical (unpaired) electrons. The van der Waals surface area contributed by atoms with E-state index in [2.05, 4.69) is 20.8 Å². The van der Waals surface area contributed by atoms with Gasteiger partial charge in [0.15, 0.2) is 0 Å². The van der Waals surface area contributed by atoms with Gasteiger partial charge < -0.3 is 0 Å². The fourth-order valence-corrected chi connectivity index (χ4v) is 4.18. The molecule has 4 heteroatoms. The highest BCUT2D eigenvalue weighted by Crippen LogP contribution is 2.27. The van der Waals surface area contributed by atoms with Crippen LogP contribution in [0.1, 0.15) is 31.9 Å². The van der Waals surface area contributed by atoms with Gasteiger partial charge in [-0.2, -0.15) is 0 Å². The van der Waals surface area contributed by atoms with Crippen molar-refractivity contribution >= 4 is 20.9 Å². The highest BCUT2D eigenvalue weighted by atomic mass is 32.2. The Hall–Kier alpha value is -2.07. The first kappa shape index (κ1) is 15.8. The Kier molecular flexibility index (Phi) is 3.60. The number of nitrogens with zero attached hydrogens (tertiary/aromatic N) is 1. The predicted octanol–water partition coefficient (Wildman–Crippen LogP) is 4.48. The van der Waals surface area contributed by atoms with E-state index in [-0.39, 0.29) is 5.41 Å². The summed E-state index contributed by atoms with van der Waals surface area (Å²) in [7, 11) is -3.59. The van der Waals surface area contributed by atoms with Gasteiger partial charge in [-0.1, -0.05) is 51.1 Å². The summed E-state index contributed by atoms with van der Waals surface area (Å²) in [6.07, 6.45) is 1.69. The minimum absolute atomic E-state index is 0.000966. The highest BCUT2D eigenvalue weighted by molar-refractivity contribution is 7.90. The number of aromatic nitrogens is 1. The molecule has 0 saturated carbocycles. The third-order valence-electron chi connectivity index (χ3n) is 4.15.